The first-order chi connectivity index (χ1) is 18.6. The number of nitrogens with one attached hydrogen (secondary N) is 4. The van der Waals surface area contributed by atoms with Crippen molar-refractivity contribution in [1.82, 2.24) is 20.3 Å². The highest BCUT2D eigenvalue weighted by Crippen LogP contribution is 2.27. The molecule has 0 radical (unpaired) electrons. The van der Waals surface area contributed by atoms with Crippen LogP contribution in [0.25, 0.3) is 10.8 Å². The molecule has 2 heterocycles. The minimum Gasteiger partial charge on any atom is -0.375 e. The van der Waals surface area contributed by atoms with Crippen molar-refractivity contribution in [2.75, 3.05) is 26.2 Å². The minimum absolute atomic E-state index is 0. The SMILES string of the molecule is CCCC(=O)NC1(NS(=O)(=O)c2ccc3ccccc3c2)NCCCCC(C[C@@H]2CN(C(=N)N)CCO2)C1=O.Cl. The molecule has 6 N–H and O–H groups in total. The van der Waals surface area contributed by atoms with Crippen molar-refractivity contribution in [3.63, 3.8) is 0 Å². The molecule has 0 aliphatic carbocycles. The minimum atomic E-state index is -4.24. The lowest BCUT2D eigenvalue weighted by Crippen LogP contribution is -2.75. The van der Waals surface area contributed by atoms with Gasteiger partial charge in [0.15, 0.2) is 11.7 Å². The predicted octanol–water partition coefficient (Wildman–Crippen LogP) is 2.05. The van der Waals surface area contributed by atoms with Crippen LogP contribution in [0.15, 0.2) is 47.4 Å². The fourth-order valence-electron chi connectivity index (χ4n) is 5.25. The Balaban J connectivity index is 0.00000441. The molecule has 2 unspecified atom stereocenters. The van der Waals surface area contributed by atoms with E-state index < -0.39 is 33.4 Å². The number of halogens is 1. The number of hydrogen-bond acceptors (Lipinski definition) is 7. The van der Waals surface area contributed by atoms with Gasteiger partial charge in [0.25, 0.3) is 0 Å². The summed E-state index contributed by atoms with van der Waals surface area (Å²) in [6.45, 7) is 3.40. The molecule has 2 aromatic rings. The van der Waals surface area contributed by atoms with Gasteiger partial charge in [-0.3, -0.25) is 20.3 Å². The van der Waals surface area contributed by atoms with Crippen LogP contribution in [0.1, 0.15) is 45.4 Å². The molecule has 0 spiro atoms. The van der Waals surface area contributed by atoms with Crippen molar-refractivity contribution in [2.45, 2.75) is 62.2 Å². The third kappa shape index (κ3) is 7.49. The number of ketones is 1. The summed E-state index contributed by atoms with van der Waals surface area (Å²) >= 11 is 0. The van der Waals surface area contributed by atoms with Crippen molar-refractivity contribution >= 4 is 50.9 Å². The van der Waals surface area contributed by atoms with Gasteiger partial charge < -0.3 is 20.7 Å². The molecule has 0 aromatic heterocycles. The van der Waals surface area contributed by atoms with Crippen LogP contribution in [-0.2, 0) is 24.3 Å². The van der Waals surface area contributed by atoms with Crippen LogP contribution in [-0.4, -0.2) is 69.1 Å². The number of nitrogens with zero attached hydrogens (tertiary/aromatic N) is 1. The highest BCUT2D eigenvalue weighted by molar-refractivity contribution is 7.89. The van der Waals surface area contributed by atoms with E-state index in [0.29, 0.717) is 51.9 Å². The van der Waals surface area contributed by atoms with E-state index in [9.17, 15) is 18.0 Å². The Kier molecular flexibility index (Phi) is 10.9. The highest BCUT2D eigenvalue weighted by Gasteiger charge is 2.47. The second-order valence-corrected chi connectivity index (χ2v) is 11.9. The standard InChI is InChI=1S/C27H38N6O5S.ClH/c1-2-7-24(34)31-27(32-39(36,37)23-12-11-19-8-3-4-9-20(19)17-23)25(35)21(10-5-6-13-30-27)16-22-18-33(26(28)29)14-15-38-22;/h3-4,8-9,11-12,17,21-22,30,32H,2,5-7,10,13-16,18H2,1H3,(H3,28,29)(H,31,34);1H/t21?,22-,27?;/m1./s1. The number of guanidine groups is 1. The Hall–Kier alpha value is -2.77. The molecule has 1 amide bonds. The molecule has 3 atom stereocenters. The maximum Gasteiger partial charge on any atom is 0.243 e. The fourth-order valence-corrected chi connectivity index (χ4v) is 6.52. The monoisotopic (exact) mass is 594 g/mol. The second-order valence-electron chi connectivity index (χ2n) is 10.2. The Morgan fingerprint density at radius 1 is 1.23 bits per heavy atom. The van der Waals surface area contributed by atoms with E-state index in [4.69, 9.17) is 15.9 Å². The number of sulfonamides is 1. The van der Waals surface area contributed by atoms with Crippen molar-refractivity contribution in [3.05, 3.63) is 42.5 Å². The van der Waals surface area contributed by atoms with E-state index >= 15 is 0 Å². The number of benzene rings is 2. The number of Topliss-reactive ketones (excluding diaryl/α,β-unsaturated/α-hetero) is 1. The largest absolute Gasteiger partial charge is 0.375 e. The summed E-state index contributed by atoms with van der Waals surface area (Å²) in [5, 5.41) is 15.1. The summed E-state index contributed by atoms with van der Waals surface area (Å²) in [4.78, 5) is 28.8. The Bertz CT molecular complexity index is 1330. The maximum absolute atomic E-state index is 14.2. The summed E-state index contributed by atoms with van der Waals surface area (Å²) in [5.74, 6) is -3.57. The number of carbonyl (C=O) groups excluding carboxylic acids is 2. The number of ether oxygens (including phenoxy) is 1. The van der Waals surface area contributed by atoms with Crippen LogP contribution >= 0.6 is 12.4 Å². The molecular formula is C27H39ClN6O5S. The van der Waals surface area contributed by atoms with Gasteiger partial charge in [0, 0.05) is 25.4 Å². The van der Waals surface area contributed by atoms with Gasteiger partial charge in [0.2, 0.25) is 21.7 Å². The van der Waals surface area contributed by atoms with Gasteiger partial charge in [0.05, 0.1) is 17.6 Å². The normalized spacial score (nSPS) is 24.0. The van der Waals surface area contributed by atoms with Crippen LogP contribution in [0, 0.1) is 11.3 Å². The molecular weight excluding hydrogens is 556 g/mol. The molecule has 13 heteroatoms. The molecule has 2 aromatic carbocycles. The molecule has 40 heavy (non-hydrogen) atoms. The lowest BCUT2D eigenvalue weighted by Gasteiger charge is -2.40. The summed E-state index contributed by atoms with van der Waals surface area (Å²) < 4.78 is 35.9. The Morgan fingerprint density at radius 2 is 1.98 bits per heavy atom. The van der Waals surface area contributed by atoms with Gasteiger partial charge in [-0.2, -0.15) is 4.72 Å². The molecule has 2 aliphatic rings. The summed E-state index contributed by atoms with van der Waals surface area (Å²) in [7, 11) is -4.24. The molecule has 0 bridgehead atoms. The predicted molar refractivity (Wildman–Crippen MR) is 155 cm³/mol. The zero-order chi connectivity index (χ0) is 28.0. The number of fused-ring (bicyclic) bond motifs is 1. The third-order valence-electron chi connectivity index (χ3n) is 7.26. The van der Waals surface area contributed by atoms with Gasteiger partial charge in [-0.1, -0.05) is 43.7 Å². The summed E-state index contributed by atoms with van der Waals surface area (Å²) in [5.41, 5.74) is 5.67. The summed E-state index contributed by atoms with van der Waals surface area (Å²) in [6.07, 6.45) is 2.58. The number of morpholine rings is 1. The van der Waals surface area contributed by atoms with Crippen LogP contribution in [0.5, 0.6) is 0 Å². The van der Waals surface area contributed by atoms with Crippen molar-refractivity contribution in [3.8, 4) is 0 Å². The van der Waals surface area contributed by atoms with E-state index in [1.165, 1.54) is 6.07 Å². The third-order valence-corrected chi connectivity index (χ3v) is 8.71. The molecule has 2 aliphatic heterocycles. The van der Waals surface area contributed by atoms with Crippen molar-refractivity contribution in [1.29, 1.82) is 5.41 Å². The van der Waals surface area contributed by atoms with E-state index in [-0.39, 0.29) is 35.8 Å². The van der Waals surface area contributed by atoms with Crippen LogP contribution < -0.4 is 21.1 Å². The van der Waals surface area contributed by atoms with Crippen molar-refractivity contribution < 1.29 is 22.7 Å². The van der Waals surface area contributed by atoms with Crippen LogP contribution in [0.4, 0.5) is 0 Å². The zero-order valence-electron chi connectivity index (χ0n) is 22.6. The van der Waals surface area contributed by atoms with Gasteiger partial charge in [0.1, 0.15) is 0 Å². The topological polar surface area (TPSA) is 167 Å². The number of hydrogen-bond donors (Lipinski definition) is 5. The Morgan fingerprint density at radius 3 is 2.70 bits per heavy atom. The van der Waals surface area contributed by atoms with Gasteiger partial charge in [-0.25, -0.2) is 8.42 Å². The quantitative estimate of drug-likeness (QED) is 0.176. The number of amides is 1. The maximum atomic E-state index is 14.2. The van der Waals surface area contributed by atoms with Gasteiger partial charge in [-0.05, 0) is 55.1 Å². The first kappa shape index (κ1) is 31.8. The fraction of sp³-hybridized carbons (Fsp3) is 0.519. The number of nitrogens with two attached hydrogens (primary N) is 1. The van der Waals surface area contributed by atoms with Gasteiger partial charge in [-0.15, -0.1) is 12.4 Å². The van der Waals surface area contributed by atoms with E-state index in [2.05, 4.69) is 15.4 Å². The number of rotatable bonds is 8. The highest BCUT2D eigenvalue weighted by atomic mass is 35.5. The first-order valence-corrected chi connectivity index (χ1v) is 15.0. The summed E-state index contributed by atoms with van der Waals surface area (Å²) in [6, 6.07) is 12.1. The smallest absolute Gasteiger partial charge is 0.243 e. The van der Waals surface area contributed by atoms with Crippen LogP contribution in [0.3, 0.4) is 0 Å². The molecule has 2 fully saturated rings. The zero-order valence-corrected chi connectivity index (χ0v) is 24.3. The average Bonchev–Trinajstić information content (AvgIpc) is 2.90. The number of carbonyl (C=O) groups is 2. The molecule has 4 rings (SSSR count). The molecule has 0 saturated carbocycles. The molecule has 11 nitrogen and oxygen atoms in total. The van der Waals surface area contributed by atoms with Gasteiger partial charge >= 0.3 is 0 Å². The molecule has 220 valence electrons. The lowest BCUT2D eigenvalue weighted by atomic mass is 9.86. The van der Waals surface area contributed by atoms with E-state index in [1.54, 1.807) is 17.0 Å². The molecule has 2 saturated heterocycles. The van der Waals surface area contributed by atoms with E-state index in [1.807, 2.05) is 31.2 Å². The van der Waals surface area contributed by atoms with E-state index in [0.717, 1.165) is 17.2 Å². The average molecular weight is 595 g/mol. The first-order valence-electron chi connectivity index (χ1n) is 13.5. The van der Waals surface area contributed by atoms with Crippen LogP contribution in [0.2, 0.25) is 0 Å². The van der Waals surface area contributed by atoms with Crippen molar-refractivity contribution in [2.24, 2.45) is 11.7 Å². The Labute approximate surface area is 241 Å². The second kappa shape index (κ2) is 13.7. The lowest BCUT2D eigenvalue weighted by molar-refractivity contribution is -0.139.